The Morgan fingerprint density at radius 3 is 2.08 bits per heavy atom. The van der Waals surface area contributed by atoms with Gasteiger partial charge in [0.05, 0.1) is 11.3 Å². The fourth-order valence-electron chi connectivity index (χ4n) is 1.84. The second kappa shape index (κ2) is 6.63. The van der Waals surface area contributed by atoms with Crippen molar-refractivity contribution in [2.75, 3.05) is 0 Å². The fraction of sp³-hybridized carbons (Fsp3) is 0.231. The van der Waals surface area contributed by atoms with Gasteiger partial charge in [-0.25, -0.2) is 9.97 Å². The first-order valence-electron chi connectivity index (χ1n) is 6.35. The number of nitrogens with two attached hydrogens (primary N) is 1. The van der Waals surface area contributed by atoms with Gasteiger partial charge in [-0.1, -0.05) is 0 Å². The molecule has 0 spiro atoms. The Balaban J connectivity index is 2.49. The van der Waals surface area contributed by atoms with Crippen molar-refractivity contribution < 1.29 is 35.9 Å². The molecule has 12 heteroatoms. The number of hydrogen-bond donors (Lipinski definition) is 1. The van der Waals surface area contributed by atoms with Gasteiger partial charge in [-0.2, -0.15) is 26.3 Å². The summed E-state index contributed by atoms with van der Waals surface area (Å²) in [6, 6.07) is 0.836. The standard InChI is InChI=1S/C13H8F6N4O2/c14-12(15,16)8-4-21-9(1-7(8)10(20)25-5-24)6-2-22-11(23-3-6)13(17,18)19/h1-5,10H,20H2. The van der Waals surface area contributed by atoms with Crippen LogP contribution in [-0.4, -0.2) is 21.4 Å². The van der Waals surface area contributed by atoms with Crippen LogP contribution in [0.15, 0.2) is 24.7 Å². The molecule has 0 radical (unpaired) electrons. The van der Waals surface area contributed by atoms with E-state index in [2.05, 4.69) is 19.7 Å². The number of carbonyl (C=O) groups is 1. The second-order valence-corrected chi connectivity index (χ2v) is 4.60. The Hall–Kier alpha value is -2.76. The molecule has 2 aromatic heterocycles. The van der Waals surface area contributed by atoms with E-state index < -0.39 is 35.5 Å². The maximum Gasteiger partial charge on any atom is 0.451 e. The average Bonchev–Trinajstić information content (AvgIpc) is 2.53. The third-order valence-electron chi connectivity index (χ3n) is 2.95. The first kappa shape index (κ1) is 18.6. The summed E-state index contributed by atoms with van der Waals surface area (Å²) in [6.07, 6.45) is -9.41. The van der Waals surface area contributed by atoms with Crippen molar-refractivity contribution in [2.24, 2.45) is 5.73 Å². The van der Waals surface area contributed by atoms with Crippen molar-refractivity contribution in [3.63, 3.8) is 0 Å². The fourth-order valence-corrected chi connectivity index (χ4v) is 1.84. The van der Waals surface area contributed by atoms with Crippen LogP contribution in [-0.2, 0) is 21.9 Å². The Kier molecular flexibility index (Phi) is 4.92. The highest BCUT2D eigenvalue weighted by Gasteiger charge is 2.36. The number of hydrogen-bond acceptors (Lipinski definition) is 6. The first-order chi connectivity index (χ1) is 11.5. The van der Waals surface area contributed by atoms with Crippen molar-refractivity contribution in [3.8, 4) is 11.3 Å². The Labute approximate surface area is 135 Å². The predicted octanol–water partition coefficient (Wildman–Crippen LogP) is 2.71. The lowest BCUT2D eigenvalue weighted by atomic mass is 10.1. The summed E-state index contributed by atoms with van der Waals surface area (Å²) in [6.45, 7) is -0.133. The normalized spacial score (nSPS) is 13.4. The summed E-state index contributed by atoms with van der Waals surface area (Å²) in [5.74, 6) is -1.41. The highest BCUT2D eigenvalue weighted by atomic mass is 19.4. The third kappa shape index (κ3) is 4.21. The molecule has 0 bridgehead atoms. The lowest BCUT2D eigenvalue weighted by molar-refractivity contribution is -0.145. The molecule has 6 nitrogen and oxygen atoms in total. The Morgan fingerprint density at radius 1 is 1.00 bits per heavy atom. The Morgan fingerprint density at radius 2 is 1.60 bits per heavy atom. The predicted molar refractivity (Wildman–Crippen MR) is 69.3 cm³/mol. The Bertz CT molecular complexity index is 761. The minimum Gasteiger partial charge on any atom is -0.445 e. The van der Waals surface area contributed by atoms with Crippen molar-refractivity contribution in [2.45, 2.75) is 18.6 Å². The molecule has 0 saturated carbocycles. The zero-order chi connectivity index (χ0) is 18.8. The van der Waals surface area contributed by atoms with E-state index in [1.807, 2.05) is 0 Å². The van der Waals surface area contributed by atoms with Gasteiger partial charge in [-0.15, -0.1) is 0 Å². The van der Waals surface area contributed by atoms with E-state index in [1.165, 1.54) is 0 Å². The van der Waals surface area contributed by atoms with Crippen molar-refractivity contribution in [1.29, 1.82) is 0 Å². The molecule has 0 amide bonds. The minimum absolute atomic E-state index is 0.0822. The molecule has 0 saturated heterocycles. The van der Waals surface area contributed by atoms with Gasteiger partial charge in [0.1, 0.15) is 0 Å². The van der Waals surface area contributed by atoms with Crippen LogP contribution in [0.5, 0.6) is 0 Å². The quantitative estimate of drug-likeness (QED) is 0.508. The van der Waals surface area contributed by atoms with Gasteiger partial charge in [0.2, 0.25) is 5.82 Å². The van der Waals surface area contributed by atoms with E-state index >= 15 is 0 Å². The molecule has 134 valence electrons. The largest absolute Gasteiger partial charge is 0.451 e. The van der Waals surface area contributed by atoms with Crippen LogP contribution < -0.4 is 5.73 Å². The van der Waals surface area contributed by atoms with Crippen LogP contribution >= 0.6 is 0 Å². The summed E-state index contributed by atoms with van der Waals surface area (Å²) in [5, 5.41) is 0. The molecule has 0 fully saturated rings. The number of ether oxygens (including phenoxy) is 1. The monoisotopic (exact) mass is 366 g/mol. The second-order valence-electron chi connectivity index (χ2n) is 4.60. The van der Waals surface area contributed by atoms with E-state index in [1.54, 1.807) is 0 Å². The zero-order valence-corrected chi connectivity index (χ0v) is 12.0. The molecule has 2 heterocycles. The number of pyridine rings is 1. The molecule has 25 heavy (non-hydrogen) atoms. The number of carbonyl (C=O) groups excluding carboxylic acids is 1. The van der Waals surface area contributed by atoms with Crippen molar-refractivity contribution >= 4 is 6.47 Å². The molecule has 2 rings (SSSR count). The zero-order valence-electron chi connectivity index (χ0n) is 12.0. The molecular weight excluding hydrogens is 358 g/mol. The smallest absolute Gasteiger partial charge is 0.445 e. The number of halogens is 6. The molecule has 0 aliphatic heterocycles. The molecule has 2 N–H and O–H groups in total. The molecule has 2 aromatic rings. The maximum atomic E-state index is 13.0. The van der Waals surface area contributed by atoms with E-state index in [0.29, 0.717) is 6.20 Å². The van der Waals surface area contributed by atoms with Crippen molar-refractivity contribution in [3.05, 3.63) is 41.6 Å². The van der Waals surface area contributed by atoms with Crippen LogP contribution in [0.1, 0.15) is 23.2 Å². The van der Waals surface area contributed by atoms with E-state index in [0.717, 1.165) is 18.5 Å². The van der Waals surface area contributed by atoms with Crippen LogP contribution in [0.4, 0.5) is 26.3 Å². The van der Waals surface area contributed by atoms with Crippen LogP contribution in [0, 0.1) is 0 Å². The molecular formula is C13H8F6N4O2. The van der Waals surface area contributed by atoms with Crippen molar-refractivity contribution in [1.82, 2.24) is 15.0 Å². The average molecular weight is 366 g/mol. The topological polar surface area (TPSA) is 91.0 Å². The van der Waals surface area contributed by atoms with Crippen LogP contribution in [0.25, 0.3) is 11.3 Å². The highest BCUT2D eigenvalue weighted by molar-refractivity contribution is 5.59. The molecule has 0 aromatic carbocycles. The summed E-state index contributed by atoms with van der Waals surface area (Å²) in [4.78, 5) is 20.0. The van der Waals surface area contributed by atoms with E-state index in [4.69, 9.17) is 5.73 Å². The summed E-state index contributed by atoms with van der Waals surface area (Å²) in [7, 11) is 0. The summed E-state index contributed by atoms with van der Waals surface area (Å²) in [5.41, 5.74) is 3.24. The number of alkyl halides is 6. The molecule has 1 atom stereocenters. The summed E-state index contributed by atoms with van der Waals surface area (Å²) >= 11 is 0. The number of nitrogens with zero attached hydrogens (tertiary/aromatic N) is 3. The van der Waals surface area contributed by atoms with Gasteiger partial charge in [-0.05, 0) is 6.07 Å². The van der Waals surface area contributed by atoms with E-state index in [-0.39, 0.29) is 17.7 Å². The lowest BCUT2D eigenvalue weighted by Gasteiger charge is -2.17. The van der Waals surface area contributed by atoms with Gasteiger partial charge in [0.15, 0.2) is 6.23 Å². The van der Waals surface area contributed by atoms with Gasteiger partial charge in [-0.3, -0.25) is 15.5 Å². The van der Waals surface area contributed by atoms with Gasteiger partial charge >= 0.3 is 12.4 Å². The first-order valence-corrected chi connectivity index (χ1v) is 6.35. The number of aromatic nitrogens is 3. The molecule has 1 unspecified atom stereocenters. The SMILES string of the molecule is NC(OC=O)c1cc(-c2cnc(C(F)(F)F)nc2)ncc1C(F)(F)F. The van der Waals surface area contributed by atoms with Crippen LogP contribution in [0.3, 0.4) is 0 Å². The van der Waals surface area contributed by atoms with E-state index in [9.17, 15) is 31.1 Å². The maximum absolute atomic E-state index is 13.0. The molecule has 0 aliphatic rings. The molecule has 0 aliphatic carbocycles. The van der Waals surface area contributed by atoms with Crippen LogP contribution in [0.2, 0.25) is 0 Å². The van der Waals surface area contributed by atoms with Gasteiger partial charge in [0.25, 0.3) is 6.47 Å². The third-order valence-corrected chi connectivity index (χ3v) is 2.95. The van der Waals surface area contributed by atoms with Gasteiger partial charge < -0.3 is 4.74 Å². The van der Waals surface area contributed by atoms with Gasteiger partial charge in [0, 0.05) is 29.7 Å². The number of rotatable bonds is 4. The minimum atomic E-state index is -4.83. The highest BCUT2D eigenvalue weighted by Crippen LogP contribution is 2.35. The summed E-state index contributed by atoms with van der Waals surface area (Å²) < 4.78 is 80.5. The lowest BCUT2D eigenvalue weighted by Crippen LogP contribution is -2.20.